The smallest absolute Gasteiger partial charge is 0.278 e. The monoisotopic (exact) mass is 378 g/mol. The first-order valence-corrected chi connectivity index (χ1v) is 8.05. The summed E-state index contributed by atoms with van der Waals surface area (Å²) >= 11 is 12.1. The Balaban J connectivity index is 1.72. The Morgan fingerprint density at radius 2 is 1.76 bits per heavy atom. The number of amides is 2. The number of nitrogens with zero attached hydrogens (tertiary/aromatic N) is 2. The zero-order valence-electron chi connectivity index (χ0n) is 12.4. The van der Waals surface area contributed by atoms with Crippen LogP contribution in [0, 0.1) is 11.7 Å². The van der Waals surface area contributed by atoms with Gasteiger partial charge in [-0.2, -0.15) is 0 Å². The van der Waals surface area contributed by atoms with Crippen molar-refractivity contribution in [2.24, 2.45) is 11.1 Å². The van der Waals surface area contributed by atoms with Crippen LogP contribution in [-0.2, 0) is 14.4 Å². The van der Waals surface area contributed by atoms with Gasteiger partial charge in [-0.1, -0.05) is 34.4 Å². The number of halogens is 3. The van der Waals surface area contributed by atoms with Crippen LogP contribution in [0.25, 0.3) is 0 Å². The zero-order chi connectivity index (χ0) is 17.7. The van der Waals surface area contributed by atoms with Crippen LogP contribution in [0.1, 0.15) is 5.56 Å². The van der Waals surface area contributed by atoms with Gasteiger partial charge in [-0.25, -0.2) is 9.29 Å². The lowest BCUT2D eigenvalue weighted by Gasteiger charge is -2.15. The number of carbonyl (C=O) groups excluding carboxylic acids is 2. The van der Waals surface area contributed by atoms with E-state index in [9.17, 15) is 14.0 Å². The molecule has 1 saturated heterocycles. The average Bonchev–Trinajstić information content (AvgIpc) is 3.10. The molecule has 8 heteroatoms. The summed E-state index contributed by atoms with van der Waals surface area (Å²) in [7, 11) is 0. The quantitative estimate of drug-likeness (QED) is 0.752. The van der Waals surface area contributed by atoms with Crippen molar-refractivity contribution in [2.45, 2.75) is 6.10 Å². The summed E-state index contributed by atoms with van der Waals surface area (Å²) in [5, 5.41) is 4.62. The van der Waals surface area contributed by atoms with E-state index >= 15 is 0 Å². The molecular formula is C17H9Cl2FN2O3. The normalized spacial score (nSPS) is 22.0. The van der Waals surface area contributed by atoms with E-state index in [2.05, 4.69) is 5.16 Å². The molecule has 0 bridgehead atoms. The van der Waals surface area contributed by atoms with Gasteiger partial charge in [-0.05, 0) is 36.4 Å². The lowest BCUT2D eigenvalue weighted by atomic mass is 9.94. The molecule has 4 rings (SSSR count). The van der Waals surface area contributed by atoms with Crippen LogP contribution in [0.3, 0.4) is 0 Å². The van der Waals surface area contributed by atoms with Crippen molar-refractivity contribution in [1.82, 2.24) is 0 Å². The second-order valence-corrected chi connectivity index (χ2v) is 6.44. The largest absolute Gasteiger partial charge is 0.381 e. The number of oxime groups is 1. The summed E-state index contributed by atoms with van der Waals surface area (Å²) in [6.07, 6.45) is -1.06. The number of carbonyl (C=O) groups is 2. The molecule has 0 spiro atoms. The topological polar surface area (TPSA) is 59.0 Å². The van der Waals surface area contributed by atoms with Gasteiger partial charge in [0.2, 0.25) is 12.0 Å². The predicted molar refractivity (Wildman–Crippen MR) is 90.3 cm³/mol. The fraction of sp³-hybridized carbons (Fsp3) is 0.118. The minimum absolute atomic E-state index is 0.273. The van der Waals surface area contributed by atoms with E-state index < -0.39 is 29.7 Å². The first-order chi connectivity index (χ1) is 12.0. The van der Waals surface area contributed by atoms with Gasteiger partial charge in [0.1, 0.15) is 17.4 Å². The number of benzene rings is 2. The van der Waals surface area contributed by atoms with E-state index in [-0.39, 0.29) is 11.4 Å². The molecule has 0 N–H and O–H groups in total. The molecule has 2 aromatic carbocycles. The Hall–Kier alpha value is -2.44. The van der Waals surface area contributed by atoms with Crippen LogP contribution >= 0.6 is 23.2 Å². The van der Waals surface area contributed by atoms with Crippen LogP contribution in [-0.4, -0.2) is 23.6 Å². The van der Waals surface area contributed by atoms with Gasteiger partial charge in [0.15, 0.2) is 0 Å². The first kappa shape index (κ1) is 16.1. The third kappa shape index (κ3) is 2.49. The summed E-state index contributed by atoms with van der Waals surface area (Å²) in [6.45, 7) is 0. The van der Waals surface area contributed by atoms with Crippen molar-refractivity contribution < 1.29 is 18.8 Å². The minimum Gasteiger partial charge on any atom is -0.381 e. The van der Waals surface area contributed by atoms with Gasteiger partial charge in [0.25, 0.3) is 5.91 Å². The highest BCUT2D eigenvalue weighted by Crippen LogP contribution is 2.37. The van der Waals surface area contributed by atoms with Crippen LogP contribution in [0.4, 0.5) is 10.1 Å². The van der Waals surface area contributed by atoms with Crippen molar-refractivity contribution in [2.75, 3.05) is 4.90 Å². The van der Waals surface area contributed by atoms with Crippen molar-refractivity contribution in [3.05, 3.63) is 63.9 Å². The molecular weight excluding hydrogens is 370 g/mol. The van der Waals surface area contributed by atoms with E-state index in [0.717, 1.165) is 4.90 Å². The summed E-state index contributed by atoms with van der Waals surface area (Å²) in [6, 6.07) is 9.82. The van der Waals surface area contributed by atoms with E-state index in [0.29, 0.717) is 15.6 Å². The van der Waals surface area contributed by atoms with Gasteiger partial charge < -0.3 is 4.84 Å². The van der Waals surface area contributed by atoms with Gasteiger partial charge >= 0.3 is 0 Å². The number of fused-ring (bicyclic) bond motifs is 1. The summed E-state index contributed by atoms with van der Waals surface area (Å²) in [5.41, 5.74) is 1.02. The highest BCUT2D eigenvalue weighted by molar-refractivity contribution is 6.39. The third-order valence-corrected chi connectivity index (χ3v) is 4.65. The molecule has 5 nitrogen and oxygen atoms in total. The van der Waals surface area contributed by atoms with Crippen molar-refractivity contribution >= 4 is 46.4 Å². The maximum atomic E-state index is 13.1. The van der Waals surface area contributed by atoms with Crippen LogP contribution in [0.5, 0.6) is 0 Å². The van der Waals surface area contributed by atoms with Gasteiger partial charge in [0, 0.05) is 10.6 Å². The molecule has 2 unspecified atom stereocenters. The second-order valence-electron chi connectivity index (χ2n) is 5.59. The minimum atomic E-state index is -1.06. The van der Waals surface area contributed by atoms with Gasteiger partial charge in [-0.3, -0.25) is 9.59 Å². The average molecular weight is 379 g/mol. The molecule has 0 aliphatic carbocycles. The fourth-order valence-electron chi connectivity index (χ4n) is 2.94. The molecule has 2 aliphatic heterocycles. The highest BCUT2D eigenvalue weighted by Gasteiger charge is 2.56. The lowest BCUT2D eigenvalue weighted by Crippen LogP contribution is -2.33. The molecule has 1 fully saturated rings. The van der Waals surface area contributed by atoms with Crippen LogP contribution < -0.4 is 4.90 Å². The van der Waals surface area contributed by atoms with Crippen molar-refractivity contribution in [3.8, 4) is 0 Å². The Bertz CT molecular complexity index is 930. The Morgan fingerprint density at radius 1 is 1.04 bits per heavy atom. The summed E-state index contributed by atoms with van der Waals surface area (Å²) in [5.74, 6) is -2.42. The number of anilines is 1. The van der Waals surface area contributed by atoms with Crippen LogP contribution in [0.15, 0.2) is 47.6 Å². The van der Waals surface area contributed by atoms with Crippen molar-refractivity contribution in [3.63, 3.8) is 0 Å². The second kappa shape index (κ2) is 5.82. The molecule has 2 amide bonds. The first-order valence-electron chi connectivity index (χ1n) is 7.30. The number of hydrogen-bond acceptors (Lipinski definition) is 4. The maximum absolute atomic E-state index is 13.1. The third-order valence-electron chi connectivity index (χ3n) is 4.10. The van der Waals surface area contributed by atoms with Crippen LogP contribution in [0.2, 0.25) is 10.0 Å². The summed E-state index contributed by atoms with van der Waals surface area (Å²) in [4.78, 5) is 31.6. The number of rotatable bonds is 2. The molecule has 2 atom stereocenters. The SMILES string of the molecule is O=C1C2ON=C(c3ccc(Cl)cc3Cl)C2C(=O)N1c1ccc(F)cc1. The highest BCUT2D eigenvalue weighted by atomic mass is 35.5. The number of hydrogen-bond donors (Lipinski definition) is 0. The molecule has 25 heavy (non-hydrogen) atoms. The fourth-order valence-corrected chi connectivity index (χ4v) is 3.45. The van der Waals surface area contributed by atoms with E-state index in [1.165, 1.54) is 30.3 Å². The number of imide groups is 1. The zero-order valence-corrected chi connectivity index (χ0v) is 14.0. The molecule has 0 radical (unpaired) electrons. The standard InChI is InChI=1S/C17H9Cl2FN2O3/c18-8-1-6-11(12(19)7-8)14-13-15(25-21-14)17(24)22(16(13)23)10-4-2-9(20)3-5-10/h1-7,13,15H. The van der Waals surface area contributed by atoms with Gasteiger partial charge in [0.05, 0.1) is 10.7 Å². The molecule has 0 aromatic heterocycles. The van der Waals surface area contributed by atoms with Gasteiger partial charge in [-0.15, -0.1) is 0 Å². The van der Waals surface area contributed by atoms with E-state index in [1.807, 2.05) is 0 Å². The predicted octanol–water partition coefficient (Wildman–Crippen LogP) is 3.43. The Kier molecular flexibility index (Phi) is 3.74. The molecule has 2 aromatic rings. The molecule has 126 valence electrons. The summed E-state index contributed by atoms with van der Waals surface area (Å²) < 4.78 is 13.1. The van der Waals surface area contributed by atoms with E-state index in [4.69, 9.17) is 28.0 Å². The Labute approximate surface area is 151 Å². The maximum Gasteiger partial charge on any atom is 0.278 e. The van der Waals surface area contributed by atoms with E-state index in [1.54, 1.807) is 12.1 Å². The molecule has 2 aliphatic rings. The van der Waals surface area contributed by atoms with Crippen molar-refractivity contribution in [1.29, 1.82) is 0 Å². The Morgan fingerprint density at radius 3 is 2.44 bits per heavy atom. The molecule has 0 saturated carbocycles. The lowest BCUT2D eigenvalue weighted by molar-refractivity contribution is -0.126. The molecule has 2 heterocycles.